The van der Waals surface area contributed by atoms with Gasteiger partial charge in [0.15, 0.2) is 11.5 Å². The van der Waals surface area contributed by atoms with Crippen molar-refractivity contribution in [1.82, 2.24) is 20.1 Å². The maximum Gasteiger partial charge on any atom is 0.341 e. The minimum atomic E-state index is -0.564. The minimum Gasteiger partial charge on any atom is -0.462 e. The van der Waals surface area contributed by atoms with Gasteiger partial charge in [-0.1, -0.05) is 0 Å². The molecule has 0 aliphatic heterocycles. The van der Waals surface area contributed by atoms with Crippen molar-refractivity contribution >= 4 is 34.5 Å². The summed E-state index contributed by atoms with van der Waals surface area (Å²) in [5.74, 6) is -0.390. The second kappa shape index (κ2) is 7.05. The molecule has 2 aromatic heterocycles. The number of nitrogens with two attached hydrogens (primary N) is 1. The molecular formula is C14H20N6O3. The van der Waals surface area contributed by atoms with Crippen LogP contribution in [0.3, 0.4) is 0 Å². The molecule has 2 rings (SSSR count). The highest BCUT2D eigenvalue weighted by atomic mass is 16.5. The zero-order valence-electron chi connectivity index (χ0n) is 13.3. The number of nitrogen functional groups attached to an aromatic ring is 1. The van der Waals surface area contributed by atoms with Gasteiger partial charge in [-0.15, -0.1) is 0 Å². The van der Waals surface area contributed by atoms with E-state index in [4.69, 9.17) is 10.5 Å². The van der Waals surface area contributed by atoms with Gasteiger partial charge in [0.1, 0.15) is 11.4 Å². The zero-order valence-corrected chi connectivity index (χ0v) is 13.3. The predicted molar refractivity (Wildman–Crippen MR) is 86.1 cm³/mol. The van der Waals surface area contributed by atoms with Gasteiger partial charge in [-0.25, -0.2) is 9.78 Å². The highest BCUT2D eigenvalue weighted by Gasteiger charge is 2.17. The Balaban J connectivity index is 2.26. The van der Waals surface area contributed by atoms with Crippen molar-refractivity contribution < 1.29 is 14.3 Å². The van der Waals surface area contributed by atoms with Gasteiger partial charge < -0.3 is 20.7 Å². The van der Waals surface area contributed by atoms with Crippen LogP contribution in [0.25, 0.3) is 11.0 Å². The number of fused-ring (bicyclic) bond motifs is 1. The Bertz CT molecular complexity index is 725. The van der Waals surface area contributed by atoms with Gasteiger partial charge in [-0.3, -0.25) is 9.89 Å². The molecule has 0 fully saturated rings. The van der Waals surface area contributed by atoms with Crippen LogP contribution in [0, 0.1) is 0 Å². The van der Waals surface area contributed by atoms with Gasteiger partial charge in [0, 0.05) is 13.0 Å². The molecule has 9 nitrogen and oxygen atoms in total. The topological polar surface area (TPSA) is 126 Å². The SMILES string of the molecule is CCOC(=O)c1cc2c(NC(=O)CCN(C)C)n[nH]c2nc1N. The average molecular weight is 320 g/mol. The molecule has 0 saturated heterocycles. The Morgan fingerprint density at radius 3 is 2.83 bits per heavy atom. The third-order valence-corrected chi connectivity index (χ3v) is 3.12. The number of hydrogen-bond donors (Lipinski definition) is 3. The minimum absolute atomic E-state index is 0.0464. The first-order valence-electron chi connectivity index (χ1n) is 7.18. The lowest BCUT2D eigenvalue weighted by molar-refractivity contribution is -0.116. The number of carbonyl (C=O) groups is 2. The first-order chi connectivity index (χ1) is 10.9. The van der Waals surface area contributed by atoms with E-state index in [9.17, 15) is 9.59 Å². The molecule has 2 heterocycles. The van der Waals surface area contributed by atoms with E-state index in [1.807, 2.05) is 19.0 Å². The molecule has 0 aliphatic rings. The molecule has 0 aliphatic carbocycles. The van der Waals surface area contributed by atoms with Crippen molar-refractivity contribution in [3.63, 3.8) is 0 Å². The Labute approximate surface area is 133 Å². The molecule has 0 atom stereocenters. The van der Waals surface area contributed by atoms with Crippen molar-refractivity contribution in [2.45, 2.75) is 13.3 Å². The van der Waals surface area contributed by atoms with Crippen LogP contribution in [-0.4, -0.2) is 59.2 Å². The third kappa shape index (κ3) is 3.95. The van der Waals surface area contributed by atoms with Gasteiger partial charge in [0.25, 0.3) is 0 Å². The van der Waals surface area contributed by atoms with Crippen LogP contribution in [0.4, 0.5) is 11.6 Å². The second-order valence-corrected chi connectivity index (χ2v) is 5.21. The van der Waals surface area contributed by atoms with E-state index in [1.165, 1.54) is 6.07 Å². The van der Waals surface area contributed by atoms with E-state index in [0.717, 1.165) is 0 Å². The molecule has 0 saturated carbocycles. The molecule has 0 aromatic carbocycles. The number of pyridine rings is 1. The quantitative estimate of drug-likeness (QED) is 0.665. The Hall–Kier alpha value is -2.68. The van der Waals surface area contributed by atoms with Gasteiger partial charge in [0.05, 0.1) is 12.0 Å². The molecule has 4 N–H and O–H groups in total. The number of amides is 1. The summed E-state index contributed by atoms with van der Waals surface area (Å²) in [5.41, 5.74) is 6.29. The van der Waals surface area contributed by atoms with Gasteiger partial charge in [-0.2, -0.15) is 5.10 Å². The molecule has 1 amide bonds. The fraction of sp³-hybridized carbons (Fsp3) is 0.429. The highest BCUT2D eigenvalue weighted by molar-refractivity contribution is 6.03. The van der Waals surface area contributed by atoms with Crippen LogP contribution in [0.15, 0.2) is 6.07 Å². The summed E-state index contributed by atoms with van der Waals surface area (Å²) in [7, 11) is 3.77. The average Bonchev–Trinajstić information content (AvgIpc) is 2.86. The normalized spacial score (nSPS) is 11.0. The number of H-pyrrole nitrogens is 1. The van der Waals surface area contributed by atoms with Crippen molar-refractivity contribution in [3.05, 3.63) is 11.6 Å². The summed E-state index contributed by atoms with van der Waals surface area (Å²) >= 11 is 0. The molecule has 0 unspecified atom stereocenters. The number of hydrogen-bond acceptors (Lipinski definition) is 7. The van der Waals surface area contributed by atoms with Crippen LogP contribution < -0.4 is 11.1 Å². The maximum absolute atomic E-state index is 11.9. The van der Waals surface area contributed by atoms with E-state index in [0.29, 0.717) is 29.8 Å². The van der Waals surface area contributed by atoms with Crippen molar-refractivity contribution in [2.24, 2.45) is 0 Å². The molecule has 0 spiro atoms. The first kappa shape index (κ1) is 16.7. The molecule has 124 valence electrons. The molecule has 23 heavy (non-hydrogen) atoms. The molecule has 2 aromatic rings. The Morgan fingerprint density at radius 2 is 2.17 bits per heavy atom. The summed E-state index contributed by atoms with van der Waals surface area (Å²) in [6.07, 6.45) is 0.328. The standard InChI is InChI=1S/C14H20N6O3/c1-4-23-14(22)8-7-9-12(16-10(21)5-6-20(2)3)18-19-13(9)17-11(8)15/h7H,4-6H2,1-3H3,(H4,15,16,17,18,19,21). The Morgan fingerprint density at radius 1 is 1.43 bits per heavy atom. The smallest absolute Gasteiger partial charge is 0.341 e. The van der Waals surface area contributed by atoms with E-state index in [1.54, 1.807) is 6.92 Å². The summed E-state index contributed by atoms with van der Waals surface area (Å²) in [4.78, 5) is 29.8. The molecule has 0 radical (unpaired) electrons. The van der Waals surface area contributed by atoms with Crippen molar-refractivity contribution in [3.8, 4) is 0 Å². The summed E-state index contributed by atoms with van der Waals surface area (Å²) < 4.78 is 4.94. The number of nitrogens with zero attached hydrogens (tertiary/aromatic N) is 3. The van der Waals surface area contributed by atoms with Gasteiger partial charge in [-0.05, 0) is 27.1 Å². The summed E-state index contributed by atoms with van der Waals surface area (Å²) in [5, 5.41) is 9.89. The summed E-state index contributed by atoms with van der Waals surface area (Å²) in [6.45, 7) is 2.55. The lowest BCUT2D eigenvalue weighted by atomic mass is 10.2. The second-order valence-electron chi connectivity index (χ2n) is 5.21. The molecular weight excluding hydrogens is 300 g/mol. The monoisotopic (exact) mass is 320 g/mol. The lowest BCUT2D eigenvalue weighted by Gasteiger charge is -2.09. The largest absolute Gasteiger partial charge is 0.462 e. The fourth-order valence-corrected chi connectivity index (χ4v) is 1.95. The van der Waals surface area contributed by atoms with Crippen LogP contribution in [0.5, 0.6) is 0 Å². The van der Waals surface area contributed by atoms with E-state index < -0.39 is 5.97 Å². The lowest BCUT2D eigenvalue weighted by Crippen LogP contribution is -2.21. The van der Waals surface area contributed by atoms with Gasteiger partial charge >= 0.3 is 5.97 Å². The van der Waals surface area contributed by atoms with Crippen LogP contribution in [0.1, 0.15) is 23.7 Å². The summed E-state index contributed by atoms with van der Waals surface area (Å²) in [6, 6.07) is 1.51. The van der Waals surface area contributed by atoms with Crippen molar-refractivity contribution in [2.75, 3.05) is 38.3 Å². The number of anilines is 2. The first-order valence-corrected chi connectivity index (χ1v) is 7.18. The van der Waals surface area contributed by atoms with Gasteiger partial charge in [0.2, 0.25) is 5.91 Å². The van der Waals surface area contributed by atoms with E-state index >= 15 is 0 Å². The number of esters is 1. The molecule has 0 bridgehead atoms. The highest BCUT2D eigenvalue weighted by Crippen LogP contribution is 2.23. The third-order valence-electron chi connectivity index (χ3n) is 3.12. The van der Waals surface area contributed by atoms with E-state index in [2.05, 4.69) is 20.5 Å². The number of rotatable bonds is 6. The molecule has 9 heteroatoms. The number of ether oxygens (including phenoxy) is 1. The zero-order chi connectivity index (χ0) is 17.0. The number of nitrogens with one attached hydrogen (secondary N) is 2. The van der Waals surface area contributed by atoms with Crippen LogP contribution in [-0.2, 0) is 9.53 Å². The predicted octanol–water partition coefficient (Wildman–Crippen LogP) is 0.607. The van der Waals surface area contributed by atoms with Crippen LogP contribution in [0.2, 0.25) is 0 Å². The maximum atomic E-state index is 11.9. The fourth-order valence-electron chi connectivity index (χ4n) is 1.95. The van der Waals surface area contributed by atoms with E-state index in [-0.39, 0.29) is 23.9 Å². The number of aromatic nitrogens is 3. The van der Waals surface area contributed by atoms with Crippen LogP contribution >= 0.6 is 0 Å². The Kier molecular flexibility index (Phi) is 5.12. The number of carbonyl (C=O) groups excluding carboxylic acids is 2. The number of aromatic amines is 1. The van der Waals surface area contributed by atoms with Crippen molar-refractivity contribution in [1.29, 1.82) is 0 Å².